The second kappa shape index (κ2) is 8.04. The smallest absolute Gasteiger partial charge is 0.184 e. The third-order valence-electron chi connectivity index (χ3n) is 5.45. The topological polar surface area (TPSA) is 117 Å². The maximum Gasteiger partial charge on any atom is 0.184 e. The summed E-state index contributed by atoms with van der Waals surface area (Å²) in [6.45, 7) is 1.33. The predicted octanol–water partition coefficient (Wildman–Crippen LogP) is 3.19. The standard InChI is InChI=1S/C22H21F2N7O/c23-13-5-6-15-17(9-13)31(10-12-3-1-2-4-16(12)24)30-18(15)22-28-20(25)19(21(26)29-22)27-14-7-8-32-11-14/h1-6,9,14,27H,7-8,10-11H2,(H4,25,26,28,29). The van der Waals surface area contributed by atoms with Crippen molar-refractivity contribution in [3.05, 3.63) is 59.7 Å². The Labute approximate surface area is 182 Å². The molecule has 3 heterocycles. The van der Waals surface area contributed by atoms with Gasteiger partial charge in [0.15, 0.2) is 17.5 Å². The number of nitrogens with one attached hydrogen (secondary N) is 1. The van der Waals surface area contributed by atoms with Gasteiger partial charge in [-0.1, -0.05) is 18.2 Å². The van der Waals surface area contributed by atoms with E-state index in [0.29, 0.717) is 41.1 Å². The summed E-state index contributed by atoms with van der Waals surface area (Å²) in [5.74, 6) is -0.240. The highest BCUT2D eigenvalue weighted by Crippen LogP contribution is 2.32. The first-order valence-corrected chi connectivity index (χ1v) is 10.2. The van der Waals surface area contributed by atoms with Crippen molar-refractivity contribution in [2.24, 2.45) is 0 Å². The van der Waals surface area contributed by atoms with Crippen molar-refractivity contribution >= 4 is 28.2 Å². The molecule has 5 N–H and O–H groups in total. The van der Waals surface area contributed by atoms with Crippen LogP contribution in [-0.2, 0) is 11.3 Å². The Kier molecular flexibility index (Phi) is 5.06. The summed E-state index contributed by atoms with van der Waals surface area (Å²) in [4.78, 5) is 8.79. The van der Waals surface area contributed by atoms with E-state index in [-0.39, 0.29) is 35.9 Å². The van der Waals surface area contributed by atoms with Crippen molar-refractivity contribution in [3.63, 3.8) is 0 Å². The molecule has 1 aliphatic heterocycles. The Morgan fingerprint density at radius 2 is 1.88 bits per heavy atom. The lowest BCUT2D eigenvalue weighted by Crippen LogP contribution is -2.21. The molecule has 5 rings (SSSR count). The second-order valence-corrected chi connectivity index (χ2v) is 7.66. The molecule has 2 aromatic heterocycles. The molecule has 10 heteroatoms. The summed E-state index contributed by atoms with van der Waals surface area (Å²) in [7, 11) is 0. The van der Waals surface area contributed by atoms with Crippen LogP contribution in [0.3, 0.4) is 0 Å². The Balaban J connectivity index is 1.57. The molecule has 0 saturated carbocycles. The van der Waals surface area contributed by atoms with Crippen LogP contribution >= 0.6 is 0 Å². The van der Waals surface area contributed by atoms with E-state index in [2.05, 4.69) is 20.4 Å². The summed E-state index contributed by atoms with van der Waals surface area (Å²) < 4.78 is 35.1. The number of hydrogen-bond donors (Lipinski definition) is 3. The number of ether oxygens (including phenoxy) is 1. The molecule has 1 saturated heterocycles. The van der Waals surface area contributed by atoms with Gasteiger partial charge in [0.05, 0.1) is 24.7 Å². The van der Waals surface area contributed by atoms with E-state index in [9.17, 15) is 8.78 Å². The molecule has 1 fully saturated rings. The third-order valence-corrected chi connectivity index (χ3v) is 5.45. The first-order chi connectivity index (χ1) is 15.5. The highest BCUT2D eigenvalue weighted by molar-refractivity contribution is 5.92. The number of benzene rings is 2. The van der Waals surface area contributed by atoms with Gasteiger partial charge in [-0.25, -0.2) is 18.7 Å². The Morgan fingerprint density at radius 1 is 1.09 bits per heavy atom. The van der Waals surface area contributed by atoms with E-state index in [4.69, 9.17) is 16.2 Å². The van der Waals surface area contributed by atoms with Crippen molar-refractivity contribution < 1.29 is 13.5 Å². The number of nitrogens with zero attached hydrogens (tertiary/aromatic N) is 4. The molecule has 1 atom stereocenters. The van der Waals surface area contributed by atoms with Crippen molar-refractivity contribution in [1.29, 1.82) is 0 Å². The fourth-order valence-corrected chi connectivity index (χ4v) is 3.82. The van der Waals surface area contributed by atoms with Gasteiger partial charge in [0, 0.05) is 17.6 Å². The SMILES string of the molecule is Nc1nc(-c2nn(Cc3ccccc3F)c3cc(F)ccc23)nc(N)c1NC1CCOC1. The zero-order valence-electron chi connectivity index (χ0n) is 17.1. The molecule has 0 radical (unpaired) electrons. The number of nitrogen functional groups attached to an aromatic ring is 2. The van der Waals surface area contributed by atoms with Gasteiger partial charge in [-0.3, -0.25) is 4.68 Å². The Bertz CT molecular complexity index is 1280. The highest BCUT2D eigenvalue weighted by atomic mass is 19.1. The molecule has 2 aromatic carbocycles. The maximum absolute atomic E-state index is 14.2. The summed E-state index contributed by atoms with van der Waals surface area (Å²) >= 11 is 0. The van der Waals surface area contributed by atoms with Crippen molar-refractivity contribution in [2.75, 3.05) is 30.0 Å². The fourth-order valence-electron chi connectivity index (χ4n) is 3.82. The lowest BCUT2D eigenvalue weighted by atomic mass is 10.2. The molecule has 1 aliphatic rings. The molecule has 0 amide bonds. The monoisotopic (exact) mass is 437 g/mol. The van der Waals surface area contributed by atoms with Gasteiger partial charge in [-0.2, -0.15) is 5.10 Å². The van der Waals surface area contributed by atoms with E-state index < -0.39 is 5.82 Å². The van der Waals surface area contributed by atoms with Gasteiger partial charge in [0.2, 0.25) is 0 Å². The number of rotatable bonds is 5. The van der Waals surface area contributed by atoms with E-state index in [1.807, 2.05) is 0 Å². The van der Waals surface area contributed by atoms with E-state index in [0.717, 1.165) is 6.42 Å². The van der Waals surface area contributed by atoms with Gasteiger partial charge in [-0.15, -0.1) is 0 Å². The minimum atomic E-state index is -0.433. The van der Waals surface area contributed by atoms with Crippen LogP contribution in [-0.4, -0.2) is 39.0 Å². The van der Waals surface area contributed by atoms with Crippen LogP contribution in [0.2, 0.25) is 0 Å². The summed E-state index contributed by atoms with van der Waals surface area (Å²) in [5.41, 5.74) is 14.1. The lowest BCUT2D eigenvalue weighted by molar-refractivity contribution is 0.195. The molecule has 4 aromatic rings. The normalized spacial score (nSPS) is 16.0. The molecule has 0 aliphatic carbocycles. The summed E-state index contributed by atoms with van der Waals surface area (Å²) in [5, 5.41) is 8.39. The van der Waals surface area contributed by atoms with Gasteiger partial charge in [-0.05, 0) is 30.7 Å². The van der Waals surface area contributed by atoms with E-state index in [1.54, 1.807) is 24.3 Å². The van der Waals surface area contributed by atoms with Crippen LogP contribution < -0.4 is 16.8 Å². The zero-order valence-corrected chi connectivity index (χ0v) is 17.1. The average molecular weight is 437 g/mol. The summed E-state index contributed by atoms with van der Waals surface area (Å²) in [6, 6.07) is 10.7. The third kappa shape index (κ3) is 3.69. The number of hydrogen-bond acceptors (Lipinski definition) is 7. The number of anilines is 3. The molecule has 0 spiro atoms. The fraction of sp³-hybridized carbons (Fsp3) is 0.227. The molecule has 32 heavy (non-hydrogen) atoms. The van der Waals surface area contributed by atoms with Crippen molar-refractivity contribution in [2.45, 2.75) is 19.0 Å². The van der Waals surface area contributed by atoms with Gasteiger partial charge >= 0.3 is 0 Å². The Morgan fingerprint density at radius 3 is 2.59 bits per heavy atom. The molecule has 1 unspecified atom stereocenters. The minimum Gasteiger partial charge on any atom is -0.382 e. The van der Waals surface area contributed by atoms with Crippen molar-refractivity contribution in [1.82, 2.24) is 19.7 Å². The van der Waals surface area contributed by atoms with E-state index in [1.165, 1.54) is 22.9 Å². The van der Waals surface area contributed by atoms with Gasteiger partial charge < -0.3 is 21.5 Å². The lowest BCUT2D eigenvalue weighted by Gasteiger charge is -2.15. The average Bonchev–Trinajstić information content (AvgIpc) is 3.40. The molecular weight excluding hydrogens is 416 g/mol. The quantitative estimate of drug-likeness (QED) is 0.439. The molecule has 8 nitrogen and oxygen atoms in total. The molecule has 164 valence electrons. The number of nitrogens with two attached hydrogens (primary N) is 2. The van der Waals surface area contributed by atoms with Crippen molar-refractivity contribution in [3.8, 4) is 11.5 Å². The molecule has 0 bridgehead atoms. The van der Waals surface area contributed by atoms with Gasteiger partial charge in [0.25, 0.3) is 0 Å². The number of fused-ring (bicyclic) bond motifs is 1. The van der Waals surface area contributed by atoms with Crippen LogP contribution in [0.5, 0.6) is 0 Å². The highest BCUT2D eigenvalue weighted by Gasteiger charge is 2.22. The van der Waals surface area contributed by atoms with Crippen LogP contribution in [0.4, 0.5) is 26.1 Å². The Hall–Kier alpha value is -3.79. The van der Waals surface area contributed by atoms with Crippen LogP contribution in [0.15, 0.2) is 42.5 Å². The van der Waals surface area contributed by atoms with Gasteiger partial charge in [0.1, 0.15) is 23.0 Å². The number of halogens is 2. The van der Waals surface area contributed by atoms with E-state index >= 15 is 0 Å². The zero-order chi connectivity index (χ0) is 22.2. The van der Waals surface area contributed by atoms with Crippen LogP contribution in [0.1, 0.15) is 12.0 Å². The first kappa shape index (κ1) is 20.1. The number of aromatic nitrogens is 4. The van der Waals surface area contributed by atoms with Crippen LogP contribution in [0, 0.1) is 11.6 Å². The minimum absolute atomic E-state index is 0.0813. The second-order valence-electron chi connectivity index (χ2n) is 7.66. The molecular formula is C22H21F2N7O. The summed E-state index contributed by atoms with van der Waals surface area (Å²) in [6.07, 6.45) is 0.831. The predicted molar refractivity (Wildman–Crippen MR) is 118 cm³/mol. The maximum atomic E-state index is 14.2. The first-order valence-electron chi connectivity index (χ1n) is 10.2. The van der Waals surface area contributed by atoms with Crippen LogP contribution in [0.25, 0.3) is 22.4 Å². The largest absolute Gasteiger partial charge is 0.382 e.